The number of aromatic nitrogens is 3. The Labute approximate surface area is 114 Å². The van der Waals surface area contributed by atoms with E-state index >= 15 is 0 Å². The number of nitrogens with zero attached hydrogens (tertiary/aromatic N) is 4. The topological polar surface area (TPSA) is 34.0 Å². The second-order valence-electron chi connectivity index (χ2n) is 5.40. The number of rotatable bonds is 2. The zero-order valence-corrected chi connectivity index (χ0v) is 11.6. The Bertz CT molecular complexity index is 551. The third-order valence-electron chi connectivity index (χ3n) is 3.90. The molecule has 1 aromatic carbocycles. The first-order chi connectivity index (χ1) is 9.22. The van der Waals surface area contributed by atoms with Crippen molar-refractivity contribution in [3.05, 3.63) is 47.0 Å². The van der Waals surface area contributed by atoms with Gasteiger partial charge in [-0.15, -0.1) is 10.2 Å². The van der Waals surface area contributed by atoms with Gasteiger partial charge in [0, 0.05) is 32.6 Å². The number of hydrogen-bond acceptors (Lipinski definition) is 3. The molecule has 2 aromatic rings. The van der Waals surface area contributed by atoms with E-state index in [-0.39, 0.29) is 0 Å². The zero-order valence-electron chi connectivity index (χ0n) is 11.6. The van der Waals surface area contributed by atoms with Crippen LogP contribution < -0.4 is 0 Å². The Morgan fingerprint density at radius 3 is 2.95 bits per heavy atom. The van der Waals surface area contributed by atoms with Crippen molar-refractivity contribution in [3.63, 3.8) is 0 Å². The van der Waals surface area contributed by atoms with Gasteiger partial charge >= 0.3 is 0 Å². The highest BCUT2D eigenvalue weighted by Crippen LogP contribution is 2.15. The molecule has 19 heavy (non-hydrogen) atoms. The molecule has 2 heterocycles. The molecular formula is C15H20N4. The van der Waals surface area contributed by atoms with Gasteiger partial charge in [0.25, 0.3) is 0 Å². The van der Waals surface area contributed by atoms with Gasteiger partial charge in [0.05, 0.1) is 0 Å². The maximum Gasteiger partial charge on any atom is 0.134 e. The van der Waals surface area contributed by atoms with Crippen LogP contribution in [0.4, 0.5) is 0 Å². The Morgan fingerprint density at radius 2 is 2.05 bits per heavy atom. The molecule has 0 fully saturated rings. The normalized spacial score (nSPS) is 16.1. The minimum atomic E-state index is 0.991. The fraction of sp³-hybridized carbons (Fsp3) is 0.467. The van der Waals surface area contributed by atoms with Crippen molar-refractivity contribution in [1.82, 2.24) is 19.7 Å². The highest BCUT2D eigenvalue weighted by Gasteiger charge is 2.15. The van der Waals surface area contributed by atoms with Crippen LogP contribution >= 0.6 is 0 Å². The number of hydrogen-bond donors (Lipinski definition) is 0. The van der Waals surface area contributed by atoms with E-state index in [1.807, 2.05) is 6.33 Å². The zero-order chi connectivity index (χ0) is 13.2. The van der Waals surface area contributed by atoms with Gasteiger partial charge in [-0.05, 0) is 25.0 Å². The molecule has 4 nitrogen and oxygen atoms in total. The van der Waals surface area contributed by atoms with Gasteiger partial charge in [-0.3, -0.25) is 4.90 Å². The lowest BCUT2D eigenvalue weighted by atomic mass is 10.1. The monoisotopic (exact) mass is 256 g/mol. The summed E-state index contributed by atoms with van der Waals surface area (Å²) in [5.74, 6) is 1.11. The largest absolute Gasteiger partial charge is 0.316 e. The van der Waals surface area contributed by atoms with Crippen LogP contribution in [0.3, 0.4) is 0 Å². The summed E-state index contributed by atoms with van der Waals surface area (Å²) in [5, 5.41) is 8.15. The van der Waals surface area contributed by atoms with Crippen LogP contribution in [0.1, 0.15) is 22.5 Å². The van der Waals surface area contributed by atoms with Crippen LogP contribution in [0.5, 0.6) is 0 Å². The van der Waals surface area contributed by atoms with E-state index in [9.17, 15) is 0 Å². The van der Waals surface area contributed by atoms with Crippen molar-refractivity contribution < 1.29 is 0 Å². The SMILES string of the molecule is Cc1ccc(C)c(CN2CCc3nncn3CC2)c1. The van der Waals surface area contributed by atoms with Crippen molar-refractivity contribution in [2.75, 3.05) is 13.1 Å². The molecule has 0 radical (unpaired) electrons. The predicted octanol–water partition coefficient (Wildman–Crippen LogP) is 1.95. The molecule has 0 spiro atoms. The summed E-state index contributed by atoms with van der Waals surface area (Å²) < 4.78 is 2.17. The van der Waals surface area contributed by atoms with Crippen molar-refractivity contribution in [2.24, 2.45) is 0 Å². The van der Waals surface area contributed by atoms with Crippen LogP contribution in [0.25, 0.3) is 0 Å². The molecule has 3 rings (SSSR count). The molecule has 1 aliphatic heterocycles. The Balaban J connectivity index is 1.71. The third-order valence-corrected chi connectivity index (χ3v) is 3.90. The second-order valence-corrected chi connectivity index (χ2v) is 5.40. The van der Waals surface area contributed by atoms with Crippen molar-refractivity contribution in [3.8, 4) is 0 Å². The third kappa shape index (κ3) is 2.68. The van der Waals surface area contributed by atoms with Crippen LogP contribution in [-0.4, -0.2) is 32.8 Å². The van der Waals surface area contributed by atoms with Gasteiger partial charge in [-0.2, -0.15) is 0 Å². The maximum absolute atomic E-state index is 4.18. The minimum Gasteiger partial charge on any atom is -0.316 e. The number of benzene rings is 1. The lowest BCUT2D eigenvalue weighted by molar-refractivity contribution is 0.270. The molecule has 0 amide bonds. The summed E-state index contributed by atoms with van der Waals surface area (Å²) in [5.41, 5.74) is 4.17. The smallest absolute Gasteiger partial charge is 0.134 e. The average molecular weight is 256 g/mol. The standard InChI is InChI=1S/C15H20N4/c1-12-3-4-13(2)14(9-12)10-18-6-5-15-17-16-11-19(15)8-7-18/h3-4,9,11H,5-8,10H2,1-2H3. The van der Waals surface area contributed by atoms with Crippen LogP contribution in [0.2, 0.25) is 0 Å². The maximum atomic E-state index is 4.18. The fourth-order valence-corrected chi connectivity index (χ4v) is 2.65. The van der Waals surface area contributed by atoms with E-state index in [0.29, 0.717) is 0 Å². The van der Waals surface area contributed by atoms with E-state index in [2.05, 4.69) is 51.7 Å². The van der Waals surface area contributed by atoms with Crippen LogP contribution in [0.15, 0.2) is 24.5 Å². The summed E-state index contributed by atoms with van der Waals surface area (Å²) >= 11 is 0. The Hall–Kier alpha value is -1.68. The molecule has 0 unspecified atom stereocenters. The summed E-state index contributed by atoms with van der Waals surface area (Å²) in [6.45, 7) is 8.51. The number of aryl methyl sites for hydroxylation is 2. The van der Waals surface area contributed by atoms with Gasteiger partial charge in [0.1, 0.15) is 12.2 Å². The second kappa shape index (κ2) is 5.13. The van der Waals surface area contributed by atoms with Gasteiger partial charge in [0.2, 0.25) is 0 Å². The predicted molar refractivity (Wildman–Crippen MR) is 74.9 cm³/mol. The lowest BCUT2D eigenvalue weighted by Gasteiger charge is -2.21. The lowest BCUT2D eigenvalue weighted by Crippen LogP contribution is -2.26. The van der Waals surface area contributed by atoms with Gasteiger partial charge in [-0.25, -0.2) is 0 Å². The van der Waals surface area contributed by atoms with Crippen LogP contribution in [-0.2, 0) is 19.5 Å². The van der Waals surface area contributed by atoms with Crippen molar-refractivity contribution >= 4 is 0 Å². The van der Waals surface area contributed by atoms with E-state index < -0.39 is 0 Å². The van der Waals surface area contributed by atoms with Crippen LogP contribution in [0, 0.1) is 13.8 Å². The molecule has 0 bridgehead atoms. The average Bonchev–Trinajstić information content (AvgIpc) is 2.76. The van der Waals surface area contributed by atoms with Crippen molar-refractivity contribution in [2.45, 2.75) is 33.4 Å². The minimum absolute atomic E-state index is 0.991. The quantitative estimate of drug-likeness (QED) is 0.823. The highest BCUT2D eigenvalue weighted by atomic mass is 15.3. The first-order valence-electron chi connectivity index (χ1n) is 6.87. The molecule has 0 atom stereocenters. The molecule has 0 aliphatic carbocycles. The van der Waals surface area contributed by atoms with E-state index in [4.69, 9.17) is 0 Å². The van der Waals surface area contributed by atoms with E-state index in [1.165, 1.54) is 16.7 Å². The van der Waals surface area contributed by atoms with E-state index in [0.717, 1.165) is 38.4 Å². The molecule has 0 saturated heterocycles. The van der Waals surface area contributed by atoms with Gasteiger partial charge in [-0.1, -0.05) is 23.8 Å². The molecule has 1 aromatic heterocycles. The number of fused-ring (bicyclic) bond motifs is 1. The van der Waals surface area contributed by atoms with Gasteiger partial charge in [0.15, 0.2) is 0 Å². The van der Waals surface area contributed by atoms with E-state index in [1.54, 1.807) is 0 Å². The summed E-state index contributed by atoms with van der Waals surface area (Å²) in [6.07, 6.45) is 2.83. The fourth-order valence-electron chi connectivity index (χ4n) is 2.65. The first kappa shape index (κ1) is 12.4. The molecule has 1 aliphatic rings. The summed E-state index contributed by atoms with van der Waals surface area (Å²) in [4.78, 5) is 2.51. The highest BCUT2D eigenvalue weighted by molar-refractivity contribution is 5.30. The Morgan fingerprint density at radius 1 is 1.16 bits per heavy atom. The molecule has 100 valence electrons. The molecule has 0 N–H and O–H groups in total. The Kier molecular flexibility index (Phi) is 3.34. The molecular weight excluding hydrogens is 236 g/mol. The first-order valence-corrected chi connectivity index (χ1v) is 6.87. The summed E-state index contributed by atoms with van der Waals surface area (Å²) in [7, 11) is 0. The summed E-state index contributed by atoms with van der Waals surface area (Å²) in [6, 6.07) is 6.71. The molecule has 0 saturated carbocycles. The van der Waals surface area contributed by atoms with Gasteiger partial charge < -0.3 is 4.57 Å². The molecule has 4 heteroatoms. The van der Waals surface area contributed by atoms with Crippen molar-refractivity contribution in [1.29, 1.82) is 0 Å².